The van der Waals surface area contributed by atoms with Crippen LogP contribution < -0.4 is 10.1 Å². The zero-order valence-electron chi connectivity index (χ0n) is 9.88. The zero-order chi connectivity index (χ0) is 12.3. The fourth-order valence-corrected chi connectivity index (χ4v) is 2.43. The predicted molar refractivity (Wildman–Crippen MR) is 72.2 cm³/mol. The van der Waals surface area contributed by atoms with Crippen molar-refractivity contribution in [3.63, 3.8) is 0 Å². The average molecular weight is 274 g/mol. The highest BCUT2D eigenvalue weighted by atomic mass is 35.5. The number of ether oxygens (including phenoxy) is 1. The molecule has 1 saturated carbocycles. The first-order chi connectivity index (χ1) is 8.20. The molecule has 1 aliphatic carbocycles. The van der Waals surface area contributed by atoms with Gasteiger partial charge in [0.1, 0.15) is 6.10 Å². The summed E-state index contributed by atoms with van der Waals surface area (Å²) in [6.45, 7) is 3.24. The molecule has 0 aromatic heterocycles. The number of rotatable bonds is 5. The van der Waals surface area contributed by atoms with Gasteiger partial charge in [-0.2, -0.15) is 0 Å². The standard InChI is InChI=1S/C13H17Cl2NO/c1-2-6-16-9-7-10(8-9)17-13-11(14)4-3-5-12(13)15/h3-5,9-10,16H,2,6-8H2,1H3. The van der Waals surface area contributed by atoms with Gasteiger partial charge in [-0.1, -0.05) is 36.2 Å². The summed E-state index contributed by atoms with van der Waals surface area (Å²) in [4.78, 5) is 0. The van der Waals surface area contributed by atoms with E-state index in [0.29, 0.717) is 21.8 Å². The Kier molecular flexibility index (Phi) is 4.55. The zero-order valence-corrected chi connectivity index (χ0v) is 11.4. The van der Waals surface area contributed by atoms with Gasteiger partial charge in [0.05, 0.1) is 10.0 Å². The van der Waals surface area contributed by atoms with Crippen molar-refractivity contribution in [2.24, 2.45) is 0 Å². The number of nitrogens with one attached hydrogen (secondary N) is 1. The molecule has 1 aromatic carbocycles. The van der Waals surface area contributed by atoms with E-state index in [2.05, 4.69) is 12.2 Å². The Morgan fingerprint density at radius 2 is 1.94 bits per heavy atom. The third-order valence-electron chi connectivity index (χ3n) is 2.98. The van der Waals surface area contributed by atoms with Crippen molar-refractivity contribution < 1.29 is 4.74 Å². The van der Waals surface area contributed by atoms with Crippen molar-refractivity contribution in [2.45, 2.75) is 38.3 Å². The molecule has 1 fully saturated rings. The van der Waals surface area contributed by atoms with E-state index in [9.17, 15) is 0 Å². The van der Waals surface area contributed by atoms with E-state index in [0.717, 1.165) is 19.4 Å². The summed E-state index contributed by atoms with van der Waals surface area (Å²) < 4.78 is 5.82. The van der Waals surface area contributed by atoms with Gasteiger partial charge in [-0.05, 0) is 37.9 Å². The van der Waals surface area contributed by atoms with Crippen LogP contribution in [0.2, 0.25) is 10.0 Å². The Labute approximate surface area is 112 Å². The number of para-hydroxylation sites is 1. The van der Waals surface area contributed by atoms with Crippen LogP contribution in [0.3, 0.4) is 0 Å². The first-order valence-corrected chi connectivity index (χ1v) is 6.80. The molecule has 0 aliphatic heterocycles. The molecule has 1 aliphatic rings. The maximum atomic E-state index is 6.05. The molecule has 1 aromatic rings. The van der Waals surface area contributed by atoms with Crippen LogP contribution in [0.5, 0.6) is 5.75 Å². The van der Waals surface area contributed by atoms with Crippen molar-refractivity contribution >= 4 is 23.2 Å². The highest BCUT2D eigenvalue weighted by Crippen LogP contribution is 2.36. The molecule has 0 saturated heterocycles. The van der Waals surface area contributed by atoms with Crippen LogP contribution in [-0.4, -0.2) is 18.7 Å². The molecule has 2 nitrogen and oxygen atoms in total. The van der Waals surface area contributed by atoms with Crippen molar-refractivity contribution in [3.8, 4) is 5.75 Å². The first kappa shape index (κ1) is 13.0. The van der Waals surface area contributed by atoms with Crippen LogP contribution in [0.15, 0.2) is 18.2 Å². The second-order valence-corrected chi connectivity index (χ2v) is 5.23. The lowest BCUT2D eigenvalue weighted by atomic mass is 9.89. The van der Waals surface area contributed by atoms with E-state index in [1.807, 2.05) is 6.07 Å². The van der Waals surface area contributed by atoms with Gasteiger partial charge in [0.15, 0.2) is 5.75 Å². The van der Waals surface area contributed by atoms with Crippen LogP contribution in [0, 0.1) is 0 Å². The summed E-state index contributed by atoms with van der Waals surface area (Å²) in [6.07, 6.45) is 3.46. The summed E-state index contributed by atoms with van der Waals surface area (Å²) in [6, 6.07) is 6.01. The van der Waals surface area contributed by atoms with Crippen molar-refractivity contribution in [1.29, 1.82) is 0 Å². The van der Waals surface area contributed by atoms with E-state index in [4.69, 9.17) is 27.9 Å². The van der Waals surface area contributed by atoms with Crippen LogP contribution in [0.4, 0.5) is 0 Å². The third kappa shape index (κ3) is 3.27. The minimum atomic E-state index is 0.238. The largest absolute Gasteiger partial charge is 0.487 e. The minimum Gasteiger partial charge on any atom is -0.487 e. The fourth-order valence-electron chi connectivity index (χ4n) is 1.94. The van der Waals surface area contributed by atoms with Crippen LogP contribution >= 0.6 is 23.2 Å². The second kappa shape index (κ2) is 5.94. The van der Waals surface area contributed by atoms with Crippen molar-refractivity contribution in [2.75, 3.05) is 6.54 Å². The lowest BCUT2D eigenvalue weighted by molar-refractivity contribution is 0.0854. The minimum absolute atomic E-state index is 0.238. The number of benzene rings is 1. The van der Waals surface area contributed by atoms with E-state index in [-0.39, 0.29) is 6.10 Å². The Morgan fingerprint density at radius 1 is 1.29 bits per heavy atom. The summed E-state index contributed by atoms with van der Waals surface area (Å²) in [5.41, 5.74) is 0. The maximum absolute atomic E-state index is 6.05. The quantitative estimate of drug-likeness (QED) is 0.879. The van der Waals surface area contributed by atoms with Gasteiger partial charge < -0.3 is 10.1 Å². The Bertz CT molecular complexity index is 357. The summed E-state index contributed by atoms with van der Waals surface area (Å²) in [5.74, 6) is 0.620. The molecule has 4 heteroatoms. The molecule has 0 radical (unpaired) electrons. The van der Waals surface area contributed by atoms with Gasteiger partial charge in [0.2, 0.25) is 0 Å². The van der Waals surface area contributed by atoms with E-state index >= 15 is 0 Å². The van der Waals surface area contributed by atoms with Crippen LogP contribution in [-0.2, 0) is 0 Å². The van der Waals surface area contributed by atoms with Gasteiger partial charge in [0, 0.05) is 6.04 Å². The Balaban J connectivity index is 1.84. The molecular weight excluding hydrogens is 257 g/mol. The SMILES string of the molecule is CCCNC1CC(Oc2c(Cl)cccc2Cl)C1. The summed E-state index contributed by atoms with van der Waals surface area (Å²) in [5, 5.41) is 4.64. The van der Waals surface area contributed by atoms with Gasteiger partial charge in [0.25, 0.3) is 0 Å². The lowest BCUT2D eigenvalue weighted by Crippen LogP contribution is -2.47. The average Bonchev–Trinajstić information content (AvgIpc) is 2.25. The van der Waals surface area contributed by atoms with Crippen LogP contribution in [0.1, 0.15) is 26.2 Å². The third-order valence-corrected chi connectivity index (χ3v) is 3.58. The number of hydrogen-bond donors (Lipinski definition) is 1. The summed E-state index contributed by atoms with van der Waals surface area (Å²) >= 11 is 12.1. The number of halogens is 2. The highest BCUT2D eigenvalue weighted by Gasteiger charge is 2.31. The van der Waals surface area contributed by atoms with Crippen molar-refractivity contribution in [1.82, 2.24) is 5.32 Å². The molecule has 1 N–H and O–H groups in total. The topological polar surface area (TPSA) is 21.3 Å². The van der Waals surface area contributed by atoms with Crippen LogP contribution in [0.25, 0.3) is 0 Å². The molecule has 0 spiro atoms. The fraction of sp³-hybridized carbons (Fsp3) is 0.538. The Morgan fingerprint density at radius 3 is 2.53 bits per heavy atom. The molecule has 0 heterocycles. The normalized spacial score (nSPS) is 23.2. The van der Waals surface area contributed by atoms with E-state index in [1.54, 1.807) is 12.1 Å². The molecule has 17 heavy (non-hydrogen) atoms. The van der Waals surface area contributed by atoms with Gasteiger partial charge in [-0.3, -0.25) is 0 Å². The van der Waals surface area contributed by atoms with E-state index in [1.165, 1.54) is 6.42 Å². The molecular formula is C13H17Cl2NO. The second-order valence-electron chi connectivity index (χ2n) is 4.41. The molecule has 0 bridgehead atoms. The molecule has 2 rings (SSSR count). The predicted octanol–water partition coefficient (Wildman–Crippen LogP) is 3.90. The smallest absolute Gasteiger partial charge is 0.156 e. The summed E-state index contributed by atoms with van der Waals surface area (Å²) in [7, 11) is 0. The van der Waals surface area contributed by atoms with E-state index < -0.39 is 0 Å². The Hall–Kier alpha value is -0.440. The van der Waals surface area contributed by atoms with Gasteiger partial charge in [-0.25, -0.2) is 0 Å². The van der Waals surface area contributed by atoms with Gasteiger partial charge in [-0.15, -0.1) is 0 Å². The van der Waals surface area contributed by atoms with Crippen molar-refractivity contribution in [3.05, 3.63) is 28.2 Å². The number of hydrogen-bond acceptors (Lipinski definition) is 2. The lowest BCUT2D eigenvalue weighted by Gasteiger charge is -2.36. The molecule has 0 unspecified atom stereocenters. The molecule has 0 amide bonds. The monoisotopic (exact) mass is 273 g/mol. The first-order valence-electron chi connectivity index (χ1n) is 6.04. The maximum Gasteiger partial charge on any atom is 0.156 e. The molecule has 94 valence electrons. The highest BCUT2D eigenvalue weighted by molar-refractivity contribution is 6.37. The van der Waals surface area contributed by atoms with Gasteiger partial charge >= 0.3 is 0 Å². The molecule has 0 atom stereocenters.